The Labute approximate surface area is 154 Å². The Hall–Kier alpha value is -2.68. The first-order valence-electron chi connectivity index (χ1n) is 7.55. The van der Waals surface area contributed by atoms with Gasteiger partial charge in [0.05, 0.1) is 10.4 Å². The number of amides is 1. The first-order chi connectivity index (χ1) is 12.1. The minimum absolute atomic E-state index is 0.181. The van der Waals surface area contributed by atoms with E-state index in [1.54, 1.807) is 12.3 Å². The van der Waals surface area contributed by atoms with Crippen molar-refractivity contribution in [3.05, 3.63) is 69.7 Å². The Morgan fingerprint density at radius 2 is 2.08 bits per heavy atom. The topological polar surface area (TPSA) is 65.8 Å². The van der Waals surface area contributed by atoms with Gasteiger partial charge >= 0.3 is 0 Å². The van der Waals surface area contributed by atoms with Crippen molar-refractivity contribution in [2.24, 2.45) is 0 Å². The number of pyridine rings is 1. The average molecular weight is 368 g/mol. The number of benzene rings is 1. The zero-order valence-corrected chi connectivity index (χ0v) is 15.0. The third kappa shape index (κ3) is 4.05. The molecule has 2 aromatic heterocycles. The van der Waals surface area contributed by atoms with E-state index in [1.165, 1.54) is 18.3 Å². The second-order valence-corrected chi connectivity index (χ2v) is 6.81. The Morgan fingerprint density at radius 3 is 2.76 bits per heavy atom. The standard InChI is InChI=1S/C19H14ClN3OS/c1-12(24)23-18-9-14(6-7-22-18)19-17(10-21)15(11-25-19)8-13-2-4-16(20)5-3-13/h2-7,9,11H,8H2,1H3,(H,22,23,24). The smallest absolute Gasteiger partial charge is 0.222 e. The van der Waals surface area contributed by atoms with Crippen LogP contribution in [0, 0.1) is 11.3 Å². The lowest BCUT2D eigenvalue weighted by atomic mass is 10.0. The maximum Gasteiger partial charge on any atom is 0.222 e. The summed E-state index contributed by atoms with van der Waals surface area (Å²) in [5.74, 6) is 0.293. The number of hydrogen-bond donors (Lipinski definition) is 1. The fourth-order valence-electron chi connectivity index (χ4n) is 2.50. The van der Waals surface area contributed by atoms with Gasteiger partial charge in [-0.3, -0.25) is 4.79 Å². The van der Waals surface area contributed by atoms with Gasteiger partial charge in [0.2, 0.25) is 5.91 Å². The predicted octanol–water partition coefficient (Wildman–Crippen LogP) is 4.88. The Balaban J connectivity index is 1.93. The third-order valence-electron chi connectivity index (χ3n) is 3.61. The van der Waals surface area contributed by atoms with E-state index >= 15 is 0 Å². The van der Waals surface area contributed by atoms with Gasteiger partial charge in [0.1, 0.15) is 11.9 Å². The summed E-state index contributed by atoms with van der Waals surface area (Å²) in [5.41, 5.74) is 3.59. The predicted molar refractivity (Wildman–Crippen MR) is 101 cm³/mol. The van der Waals surface area contributed by atoms with Crippen molar-refractivity contribution in [3.8, 4) is 16.5 Å². The average Bonchev–Trinajstić information content (AvgIpc) is 2.99. The fourth-order valence-corrected chi connectivity index (χ4v) is 3.65. The van der Waals surface area contributed by atoms with Gasteiger partial charge in [-0.1, -0.05) is 23.7 Å². The molecule has 3 rings (SSSR count). The molecule has 4 nitrogen and oxygen atoms in total. The number of nitrogens with one attached hydrogen (secondary N) is 1. The number of nitriles is 1. The highest BCUT2D eigenvalue weighted by Gasteiger charge is 2.14. The molecule has 0 atom stereocenters. The number of carbonyl (C=O) groups is 1. The molecule has 3 aromatic rings. The van der Waals surface area contributed by atoms with Crippen molar-refractivity contribution < 1.29 is 4.79 Å². The molecule has 0 radical (unpaired) electrons. The van der Waals surface area contributed by atoms with Crippen LogP contribution >= 0.6 is 22.9 Å². The van der Waals surface area contributed by atoms with E-state index in [1.807, 2.05) is 35.7 Å². The summed E-state index contributed by atoms with van der Waals surface area (Å²) in [6, 6.07) is 13.5. The first-order valence-corrected chi connectivity index (χ1v) is 8.81. The van der Waals surface area contributed by atoms with Crippen LogP contribution in [0.1, 0.15) is 23.6 Å². The lowest BCUT2D eigenvalue weighted by molar-refractivity contribution is -0.114. The lowest BCUT2D eigenvalue weighted by Gasteiger charge is -2.05. The number of nitrogens with zero attached hydrogens (tertiary/aromatic N) is 2. The molecule has 0 bridgehead atoms. The third-order valence-corrected chi connectivity index (χ3v) is 4.94. The van der Waals surface area contributed by atoms with Crippen LogP contribution in [0.4, 0.5) is 5.82 Å². The van der Waals surface area contributed by atoms with Crippen molar-refractivity contribution in [1.82, 2.24) is 4.98 Å². The molecule has 0 unspecified atom stereocenters. The van der Waals surface area contributed by atoms with Crippen LogP contribution in [-0.4, -0.2) is 10.9 Å². The maximum atomic E-state index is 11.2. The maximum absolute atomic E-state index is 11.2. The lowest BCUT2D eigenvalue weighted by Crippen LogP contribution is -2.07. The zero-order valence-electron chi connectivity index (χ0n) is 13.4. The number of halogens is 1. The normalized spacial score (nSPS) is 10.3. The second kappa shape index (κ2) is 7.47. The van der Waals surface area contributed by atoms with Gasteiger partial charge < -0.3 is 5.32 Å². The van der Waals surface area contributed by atoms with Gasteiger partial charge in [0, 0.05) is 18.1 Å². The molecule has 0 saturated heterocycles. The molecule has 0 aliphatic carbocycles. The van der Waals surface area contributed by atoms with E-state index in [9.17, 15) is 10.1 Å². The summed E-state index contributed by atoms with van der Waals surface area (Å²) < 4.78 is 0. The van der Waals surface area contributed by atoms with Crippen LogP contribution < -0.4 is 5.32 Å². The summed E-state index contributed by atoms with van der Waals surface area (Å²) >= 11 is 7.44. The van der Waals surface area contributed by atoms with E-state index in [4.69, 9.17) is 11.6 Å². The number of aromatic nitrogens is 1. The largest absolute Gasteiger partial charge is 0.311 e. The fraction of sp³-hybridized carbons (Fsp3) is 0.105. The Morgan fingerprint density at radius 1 is 1.32 bits per heavy atom. The molecule has 2 heterocycles. The zero-order chi connectivity index (χ0) is 17.8. The highest BCUT2D eigenvalue weighted by atomic mass is 35.5. The van der Waals surface area contributed by atoms with Crippen molar-refractivity contribution in [1.29, 1.82) is 5.26 Å². The van der Waals surface area contributed by atoms with Crippen LogP contribution in [0.15, 0.2) is 48.0 Å². The molecule has 6 heteroatoms. The van der Waals surface area contributed by atoms with Gasteiger partial charge in [0.25, 0.3) is 0 Å². The van der Waals surface area contributed by atoms with Crippen LogP contribution in [0.2, 0.25) is 5.02 Å². The van der Waals surface area contributed by atoms with Gasteiger partial charge in [-0.15, -0.1) is 11.3 Å². The number of carbonyl (C=O) groups excluding carboxylic acids is 1. The van der Waals surface area contributed by atoms with Gasteiger partial charge in [-0.05, 0) is 52.8 Å². The van der Waals surface area contributed by atoms with Crippen molar-refractivity contribution >= 4 is 34.7 Å². The Bertz CT molecular complexity index is 958. The molecule has 1 amide bonds. The van der Waals surface area contributed by atoms with E-state index in [0.29, 0.717) is 22.8 Å². The van der Waals surface area contributed by atoms with Crippen molar-refractivity contribution in [2.45, 2.75) is 13.3 Å². The van der Waals surface area contributed by atoms with Crippen molar-refractivity contribution in [3.63, 3.8) is 0 Å². The molecule has 0 spiro atoms. The quantitative estimate of drug-likeness (QED) is 0.714. The SMILES string of the molecule is CC(=O)Nc1cc(-c2scc(Cc3ccc(Cl)cc3)c2C#N)ccn1. The van der Waals surface area contributed by atoms with Crippen LogP contribution in [0.5, 0.6) is 0 Å². The second-order valence-electron chi connectivity index (χ2n) is 5.49. The van der Waals surface area contributed by atoms with E-state index in [0.717, 1.165) is 21.6 Å². The molecule has 1 N–H and O–H groups in total. The van der Waals surface area contributed by atoms with Gasteiger partial charge in [-0.25, -0.2) is 4.98 Å². The molecular weight excluding hydrogens is 354 g/mol. The van der Waals surface area contributed by atoms with Gasteiger partial charge in [0.15, 0.2) is 0 Å². The van der Waals surface area contributed by atoms with Gasteiger partial charge in [-0.2, -0.15) is 5.26 Å². The molecule has 0 aliphatic heterocycles. The van der Waals surface area contributed by atoms with E-state index in [2.05, 4.69) is 16.4 Å². The van der Waals surface area contributed by atoms with Crippen LogP contribution in [0.3, 0.4) is 0 Å². The molecule has 0 fully saturated rings. The first kappa shape index (κ1) is 17.2. The molecule has 0 saturated carbocycles. The molecule has 1 aromatic carbocycles. The monoisotopic (exact) mass is 367 g/mol. The molecule has 124 valence electrons. The summed E-state index contributed by atoms with van der Waals surface area (Å²) in [5, 5.41) is 15.0. The molecule has 0 aliphatic rings. The van der Waals surface area contributed by atoms with E-state index < -0.39 is 0 Å². The number of anilines is 1. The minimum Gasteiger partial charge on any atom is -0.311 e. The highest BCUT2D eigenvalue weighted by molar-refractivity contribution is 7.14. The highest BCUT2D eigenvalue weighted by Crippen LogP contribution is 2.34. The van der Waals surface area contributed by atoms with Crippen LogP contribution in [0.25, 0.3) is 10.4 Å². The van der Waals surface area contributed by atoms with Crippen LogP contribution in [-0.2, 0) is 11.2 Å². The minimum atomic E-state index is -0.181. The number of hydrogen-bond acceptors (Lipinski definition) is 4. The molecular formula is C19H14ClN3OS. The summed E-state index contributed by atoms with van der Waals surface area (Å²) in [4.78, 5) is 16.2. The van der Waals surface area contributed by atoms with Crippen molar-refractivity contribution in [2.75, 3.05) is 5.32 Å². The summed E-state index contributed by atoms with van der Waals surface area (Å²) in [7, 11) is 0. The molecule has 25 heavy (non-hydrogen) atoms. The Kier molecular flexibility index (Phi) is 5.13. The summed E-state index contributed by atoms with van der Waals surface area (Å²) in [6.07, 6.45) is 2.29. The number of rotatable bonds is 4. The number of thiophene rings is 1. The van der Waals surface area contributed by atoms with E-state index in [-0.39, 0.29) is 5.91 Å². The summed E-state index contributed by atoms with van der Waals surface area (Å²) in [6.45, 7) is 1.43.